The molecular formula is C22H23ClN2O2. The standard InChI is InChI=1S/C22H23ClN2O2/c1-27-18-9-2-14(3-10-18)13-25-20-11-8-17(23)12-19(20)22(15-4-5-15,16-6-7-16)24-21(25)26/h2-3,8-12,15-16H,4-7,13H2,1H3,(H,24,26). The van der Waals surface area contributed by atoms with Crippen LogP contribution in [0.2, 0.25) is 5.02 Å². The number of anilines is 1. The number of rotatable bonds is 5. The molecule has 1 heterocycles. The van der Waals surface area contributed by atoms with E-state index >= 15 is 0 Å². The van der Waals surface area contributed by atoms with Crippen LogP contribution >= 0.6 is 11.6 Å². The molecule has 0 radical (unpaired) electrons. The number of carbonyl (C=O) groups is 1. The van der Waals surface area contributed by atoms with Gasteiger partial charge in [-0.3, -0.25) is 4.90 Å². The van der Waals surface area contributed by atoms with Crippen molar-refractivity contribution in [2.24, 2.45) is 11.8 Å². The molecule has 1 N–H and O–H groups in total. The average molecular weight is 383 g/mol. The molecule has 2 aliphatic carbocycles. The Labute approximate surface area is 164 Å². The van der Waals surface area contributed by atoms with E-state index in [1.807, 2.05) is 41.3 Å². The van der Waals surface area contributed by atoms with Crippen LogP contribution in [-0.2, 0) is 12.1 Å². The summed E-state index contributed by atoms with van der Waals surface area (Å²) in [6.45, 7) is 0.524. The fraction of sp³-hybridized carbons (Fsp3) is 0.409. The number of ether oxygens (including phenoxy) is 1. The van der Waals surface area contributed by atoms with Crippen molar-refractivity contribution < 1.29 is 9.53 Å². The van der Waals surface area contributed by atoms with Gasteiger partial charge in [-0.15, -0.1) is 0 Å². The second-order valence-corrected chi connectivity index (χ2v) is 8.38. The SMILES string of the molecule is COc1ccc(CN2C(=O)NC(C3CC3)(C3CC3)c3cc(Cl)ccc32)cc1. The maximum Gasteiger partial charge on any atom is 0.322 e. The Hall–Kier alpha value is -2.20. The normalized spacial score (nSPS) is 20.8. The molecule has 2 saturated carbocycles. The Morgan fingerprint density at radius 2 is 1.78 bits per heavy atom. The summed E-state index contributed by atoms with van der Waals surface area (Å²) in [5.41, 5.74) is 3.04. The van der Waals surface area contributed by atoms with Crippen molar-refractivity contribution in [2.45, 2.75) is 37.8 Å². The van der Waals surface area contributed by atoms with E-state index in [-0.39, 0.29) is 11.6 Å². The minimum atomic E-state index is -0.228. The number of urea groups is 1. The van der Waals surface area contributed by atoms with Gasteiger partial charge < -0.3 is 10.1 Å². The molecule has 27 heavy (non-hydrogen) atoms. The van der Waals surface area contributed by atoms with Crippen molar-refractivity contribution in [2.75, 3.05) is 12.0 Å². The van der Waals surface area contributed by atoms with Gasteiger partial charge in [0, 0.05) is 10.6 Å². The summed E-state index contributed by atoms with van der Waals surface area (Å²) in [4.78, 5) is 15.1. The second kappa shape index (κ2) is 6.16. The number of nitrogens with zero attached hydrogens (tertiary/aromatic N) is 1. The summed E-state index contributed by atoms with van der Waals surface area (Å²) in [7, 11) is 1.66. The number of hydrogen-bond donors (Lipinski definition) is 1. The molecule has 140 valence electrons. The molecule has 0 bridgehead atoms. The van der Waals surface area contributed by atoms with E-state index in [9.17, 15) is 4.79 Å². The van der Waals surface area contributed by atoms with Crippen LogP contribution < -0.4 is 15.0 Å². The maximum atomic E-state index is 13.2. The number of fused-ring (bicyclic) bond motifs is 1. The predicted molar refractivity (Wildman–Crippen MR) is 106 cm³/mol. The van der Waals surface area contributed by atoms with Gasteiger partial charge in [0.1, 0.15) is 5.75 Å². The van der Waals surface area contributed by atoms with Crippen molar-refractivity contribution in [1.82, 2.24) is 5.32 Å². The Kier molecular flexibility index (Phi) is 3.87. The molecule has 0 atom stereocenters. The van der Waals surface area contributed by atoms with Gasteiger partial charge in [0.2, 0.25) is 0 Å². The molecule has 5 rings (SSSR count). The van der Waals surface area contributed by atoms with Crippen LogP contribution in [0.5, 0.6) is 5.75 Å². The third-order valence-electron chi connectivity index (χ3n) is 6.20. The van der Waals surface area contributed by atoms with Crippen molar-refractivity contribution in [3.05, 3.63) is 58.6 Å². The Morgan fingerprint density at radius 3 is 2.37 bits per heavy atom. The van der Waals surface area contributed by atoms with Gasteiger partial charge in [-0.05, 0) is 73.4 Å². The fourth-order valence-electron chi connectivity index (χ4n) is 4.62. The molecule has 4 nitrogen and oxygen atoms in total. The van der Waals surface area contributed by atoms with Crippen LogP contribution in [0.25, 0.3) is 0 Å². The average Bonchev–Trinajstić information content (AvgIpc) is 3.57. The monoisotopic (exact) mass is 382 g/mol. The Morgan fingerprint density at radius 1 is 1.11 bits per heavy atom. The first kappa shape index (κ1) is 16.9. The third-order valence-corrected chi connectivity index (χ3v) is 6.43. The first-order valence-corrected chi connectivity index (χ1v) is 10.0. The van der Waals surface area contributed by atoms with Crippen LogP contribution in [0.1, 0.15) is 36.8 Å². The highest BCUT2D eigenvalue weighted by Crippen LogP contribution is 2.60. The van der Waals surface area contributed by atoms with Gasteiger partial charge in [-0.25, -0.2) is 4.79 Å². The number of halogens is 1. The predicted octanol–water partition coefficient (Wildman–Crippen LogP) is 5.09. The van der Waals surface area contributed by atoms with Gasteiger partial charge in [0.05, 0.1) is 24.9 Å². The second-order valence-electron chi connectivity index (χ2n) is 7.94. The summed E-state index contributed by atoms with van der Waals surface area (Å²) < 4.78 is 5.24. The summed E-state index contributed by atoms with van der Waals surface area (Å²) in [5.74, 6) is 1.89. The van der Waals surface area contributed by atoms with Crippen LogP contribution in [0.15, 0.2) is 42.5 Å². The molecule has 2 amide bonds. The highest BCUT2D eigenvalue weighted by atomic mass is 35.5. The van der Waals surface area contributed by atoms with Crippen molar-refractivity contribution >= 4 is 23.3 Å². The van der Waals surface area contributed by atoms with E-state index in [2.05, 4.69) is 11.4 Å². The van der Waals surface area contributed by atoms with E-state index in [4.69, 9.17) is 16.3 Å². The smallest absolute Gasteiger partial charge is 0.322 e. The molecule has 0 unspecified atom stereocenters. The molecule has 3 aliphatic rings. The lowest BCUT2D eigenvalue weighted by molar-refractivity contribution is 0.203. The summed E-state index contributed by atoms with van der Waals surface area (Å²) in [6.07, 6.45) is 4.73. The molecule has 2 aromatic carbocycles. The third kappa shape index (κ3) is 2.78. The quantitative estimate of drug-likeness (QED) is 0.782. The van der Waals surface area contributed by atoms with Gasteiger partial charge in [-0.2, -0.15) is 0 Å². The number of benzene rings is 2. The minimum absolute atomic E-state index is 0.000518. The zero-order chi connectivity index (χ0) is 18.6. The Balaban J connectivity index is 1.55. The lowest BCUT2D eigenvalue weighted by Gasteiger charge is -2.45. The summed E-state index contributed by atoms with van der Waals surface area (Å²) in [6, 6.07) is 13.9. The van der Waals surface area contributed by atoms with Gasteiger partial charge in [0.15, 0.2) is 0 Å². The topological polar surface area (TPSA) is 41.6 Å². The van der Waals surface area contributed by atoms with E-state index in [1.54, 1.807) is 7.11 Å². The van der Waals surface area contributed by atoms with Gasteiger partial charge >= 0.3 is 6.03 Å². The van der Waals surface area contributed by atoms with Crippen LogP contribution in [0.3, 0.4) is 0 Å². The molecule has 2 fully saturated rings. The number of methoxy groups -OCH3 is 1. The highest BCUT2D eigenvalue weighted by Gasteiger charge is 2.59. The zero-order valence-electron chi connectivity index (χ0n) is 15.4. The van der Waals surface area contributed by atoms with Crippen LogP contribution in [-0.4, -0.2) is 13.1 Å². The lowest BCUT2D eigenvalue weighted by atomic mass is 9.78. The summed E-state index contributed by atoms with van der Waals surface area (Å²) in [5, 5.41) is 4.17. The largest absolute Gasteiger partial charge is 0.497 e. The van der Waals surface area contributed by atoms with Crippen molar-refractivity contribution in [3.8, 4) is 5.75 Å². The fourth-order valence-corrected chi connectivity index (χ4v) is 4.79. The van der Waals surface area contributed by atoms with Crippen LogP contribution in [0.4, 0.5) is 10.5 Å². The molecule has 2 aromatic rings. The first-order chi connectivity index (χ1) is 13.1. The maximum absolute atomic E-state index is 13.2. The molecular weight excluding hydrogens is 360 g/mol. The van der Waals surface area contributed by atoms with Crippen molar-refractivity contribution in [3.63, 3.8) is 0 Å². The van der Waals surface area contributed by atoms with Gasteiger partial charge in [-0.1, -0.05) is 23.7 Å². The number of nitrogens with one attached hydrogen (secondary N) is 1. The highest BCUT2D eigenvalue weighted by molar-refractivity contribution is 6.30. The first-order valence-electron chi connectivity index (χ1n) is 9.64. The summed E-state index contributed by atoms with van der Waals surface area (Å²) >= 11 is 6.39. The number of hydrogen-bond acceptors (Lipinski definition) is 2. The minimum Gasteiger partial charge on any atom is -0.497 e. The number of carbonyl (C=O) groups excluding carboxylic acids is 1. The van der Waals surface area contributed by atoms with Crippen molar-refractivity contribution in [1.29, 1.82) is 0 Å². The van der Waals surface area contributed by atoms with E-state index in [0.29, 0.717) is 18.4 Å². The molecule has 0 saturated heterocycles. The lowest BCUT2D eigenvalue weighted by Crippen LogP contribution is -2.58. The van der Waals surface area contributed by atoms with E-state index in [1.165, 1.54) is 31.2 Å². The molecule has 0 spiro atoms. The van der Waals surface area contributed by atoms with Crippen LogP contribution in [0, 0.1) is 11.8 Å². The Bertz CT molecular complexity index is 876. The van der Waals surface area contributed by atoms with E-state index in [0.717, 1.165) is 22.0 Å². The van der Waals surface area contributed by atoms with Gasteiger partial charge in [0.25, 0.3) is 0 Å². The zero-order valence-corrected chi connectivity index (χ0v) is 16.1. The number of amides is 2. The molecule has 1 aliphatic heterocycles. The molecule has 5 heteroatoms. The molecule has 0 aromatic heterocycles. The van der Waals surface area contributed by atoms with E-state index < -0.39 is 0 Å².